The number of hydrogen-bond donors (Lipinski definition) is 0. The van der Waals surface area contributed by atoms with Crippen LogP contribution in [-0.4, -0.2) is 10.1 Å². The van der Waals surface area contributed by atoms with Gasteiger partial charge in [0, 0.05) is 5.56 Å². The second-order valence-electron chi connectivity index (χ2n) is 3.39. The van der Waals surface area contributed by atoms with Crippen LogP contribution in [0.3, 0.4) is 0 Å². The Hall–Kier alpha value is -2.12. The van der Waals surface area contributed by atoms with E-state index in [0.29, 0.717) is 0 Å². The van der Waals surface area contributed by atoms with Crippen LogP contribution >= 0.6 is 0 Å². The first kappa shape index (κ1) is 11.4. The first-order valence-electron chi connectivity index (χ1n) is 4.43. The van der Waals surface area contributed by atoms with Gasteiger partial charge in [0.15, 0.2) is 5.58 Å². The van der Waals surface area contributed by atoms with Gasteiger partial charge in [-0.05, 0) is 19.1 Å². The fourth-order valence-electron chi connectivity index (χ4n) is 1.55. The van der Waals surface area contributed by atoms with E-state index in [4.69, 9.17) is 0 Å². The molecule has 0 saturated carbocycles. The molecule has 0 aliphatic rings. The highest BCUT2D eigenvalue weighted by Gasteiger charge is 2.40. The van der Waals surface area contributed by atoms with Crippen molar-refractivity contribution in [3.05, 3.63) is 33.5 Å². The van der Waals surface area contributed by atoms with Crippen LogP contribution in [0.25, 0.3) is 11.0 Å². The lowest BCUT2D eigenvalue weighted by Crippen LogP contribution is -2.07. The third kappa shape index (κ3) is 1.71. The van der Waals surface area contributed by atoms with Crippen LogP contribution < -0.4 is 0 Å². The molecule has 0 aliphatic heterocycles. The molecule has 0 saturated heterocycles. The predicted octanol–water partition coefficient (Wildman–Crippen LogP) is 3.06. The van der Waals surface area contributed by atoms with Crippen LogP contribution in [0.1, 0.15) is 11.3 Å². The third-order valence-corrected chi connectivity index (χ3v) is 2.26. The van der Waals surface area contributed by atoms with E-state index >= 15 is 0 Å². The zero-order valence-corrected chi connectivity index (χ0v) is 8.41. The number of halogens is 3. The molecule has 0 atom stereocenters. The lowest BCUT2D eigenvalue weighted by atomic mass is 10.1. The zero-order valence-electron chi connectivity index (χ0n) is 8.41. The molecule has 1 aromatic heterocycles. The first-order chi connectivity index (χ1) is 7.82. The van der Waals surface area contributed by atoms with Crippen molar-refractivity contribution in [2.45, 2.75) is 13.1 Å². The summed E-state index contributed by atoms with van der Waals surface area (Å²) in [5, 5.41) is 13.0. The number of aryl methyl sites for hydroxylation is 1. The molecule has 0 amide bonds. The van der Waals surface area contributed by atoms with Crippen molar-refractivity contribution in [3.8, 4) is 0 Å². The van der Waals surface area contributed by atoms with Crippen LogP contribution in [0, 0.1) is 17.0 Å². The normalized spacial score (nSPS) is 12.0. The predicted molar refractivity (Wildman–Crippen MR) is 50.4 cm³/mol. The number of rotatable bonds is 1. The van der Waals surface area contributed by atoms with Gasteiger partial charge in [-0.3, -0.25) is 10.1 Å². The van der Waals surface area contributed by atoms with Gasteiger partial charge in [-0.15, -0.1) is 0 Å². The average molecular weight is 246 g/mol. The van der Waals surface area contributed by atoms with Gasteiger partial charge in [0.1, 0.15) is 5.39 Å². The van der Waals surface area contributed by atoms with Crippen molar-refractivity contribution in [2.24, 2.45) is 0 Å². The highest BCUT2D eigenvalue weighted by atomic mass is 19.4. The maximum absolute atomic E-state index is 12.6. The number of nitro benzene ring substituents is 1. The molecule has 1 heterocycles. The van der Waals surface area contributed by atoms with Gasteiger partial charge in [-0.2, -0.15) is 13.2 Å². The van der Waals surface area contributed by atoms with Gasteiger partial charge in [0.05, 0.1) is 4.92 Å². The Morgan fingerprint density at radius 1 is 1.41 bits per heavy atom. The lowest BCUT2D eigenvalue weighted by Gasteiger charge is -2.02. The van der Waals surface area contributed by atoms with Gasteiger partial charge in [-0.25, -0.2) is 0 Å². The van der Waals surface area contributed by atoms with E-state index in [9.17, 15) is 23.3 Å². The van der Waals surface area contributed by atoms with E-state index in [1.165, 1.54) is 19.1 Å². The topological polar surface area (TPSA) is 69.2 Å². The summed E-state index contributed by atoms with van der Waals surface area (Å²) in [6, 6.07) is 2.53. The Morgan fingerprint density at radius 3 is 2.59 bits per heavy atom. The molecule has 90 valence electrons. The number of alkyl halides is 3. The number of nitro groups is 1. The second-order valence-corrected chi connectivity index (χ2v) is 3.39. The molecule has 0 aliphatic carbocycles. The maximum Gasteiger partial charge on any atom is 0.437 e. The molecule has 5 nitrogen and oxygen atoms in total. The fraction of sp³-hybridized carbons (Fsp3) is 0.222. The van der Waals surface area contributed by atoms with Crippen molar-refractivity contribution < 1.29 is 22.6 Å². The molecular weight excluding hydrogens is 241 g/mol. The molecule has 0 spiro atoms. The SMILES string of the molecule is Cc1ccc2onc(C(F)(F)F)c2c1[N+](=O)[O-]. The second kappa shape index (κ2) is 3.44. The molecule has 0 fully saturated rings. The van der Waals surface area contributed by atoms with Gasteiger partial charge in [0.25, 0.3) is 5.69 Å². The minimum Gasteiger partial charge on any atom is -0.355 e. The number of aromatic nitrogens is 1. The molecule has 0 bridgehead atoms. The van der Waals surface area contributed by atoms with Crippen molar-refractivity contribution >= 4 is 16.7 Å². The maximum atomic E-state index is 12.6. The Bertz CT molecular complexity index is 603. The standard InChI is InChI=1S/C9H5F3N2O3/c1-4-2-3-5-6(7(4)14(15)16)8(13-17-5)9(10,11)12/h2-3H,1H3. The quantitative estimate of drug-likeness (QED) is 0.572. The Labute approximate surface area is 92.0 Å². The Morgan fingerprint density at radius 2 is 2.06 bits per heavy atom. The van der Waals surface area contributed by atoms with Crippen LogP contribution in [0.15, 0.2) is 16.7 Å². The van der Waals surface area contributed by atoms with E-state index in [1.807, 2.05) is 0 Å². The largest absolute Gasteiger partial charge is 0.437 e. The smallest absolute Gasteiger partial charge is 0.355 e. The Kier molecular flexibility index (Phi) is 2.30. The summed E-state index contributed by atoms with van der Waals surface area (Å²) >= 11 is 0. The lowest BCUT2D eigenvalue weighted by molar-refractivity contribution is -0.383. The van der Waals surface area contributed by atoms with Crippen LogP contribution in [0.5, 0.6) is 0 Å². The van der Waals surface area contributed by atoms with Gasteiger partial charge in [0.2, 0.25) is 5.69 Å². The van der Waals surface area contributed by atoms with E-state index in [1.54, 1.807) is 0 Å². The summed E-state index contributed by atoms with van der Waals surface area (Å²) in [5.41, 5.74) is -2.13. The van der Waals surface area contributed by atoms with Crippen molar-refractivity contribution in [2.75, 3.05) is 0 Å². The molecule has 8 heteroatoms. The molecular formula is C9H5F3N2O3. The first-order valence-corrected chi connectivity index (χ1v) is 4.43. The van der Waals surface area contributed by atoms with Gasteiger partial charge < -0.3 is 4.52 Å². The molecule has 2 aromatic rings. The van der Waals surface area contributed by atoms with Crippen LogP contribution in [-0.2, 0) is 6.18 Å². The highest BCUT2D eigenvalue weighted by molar-refractivity contribution is 5.90. The number of fused-ring (bicyclic) bond motifs is 1. The summed E-state index contributed by atoms with van der Waals surface area (Å²) in [6.07, 6.45) is -4.79. The average Bonchev–Trinajstić information content (AvgIpc) is 2.59. The summed E-state index contributed by atoms with van der Waals surface area (Å²) in [5.74, 6) is 0. The third-order valence-electron chi connectivity index (χ3n) is 2.26. The molecule has 2 rings (SSSR count). The van der Waals surface area contributed by atoms with E-state index in [-0.39, 0.29) is 11.1 Å². The molecule has 0 N–H and O–H groups in total. The monoisotopic (exact) mass is 246 g/mol. The summed E-state index contributed by atoms with van der Waals surface area (Å²) in [7, 11) is 0. The van der Waals surface area contributed by atoms with E-state index < -0.39 is 27.9 Å². The van der Waals surface area contributed by atoms with Gasteiger partial charge >= 0.3 is 6.18 Å². The Balaban J connectivity index is 2.91. The minimum atomic E-state index is -4.79. The minimum absolute atomic E-state index is 0.121. The van der Waals surface area contributed by atoms with E-state index in [0.717, 1.165) is 0 Å². The molecule has 17 heavy (non-hydrogen) atoms. The molecule has 0 unspecified atom stereocenters. The van der Waals surface area contributed by atoms with Crippen molar-refractivity contribution in [3.63, 3.8) is 0 Å². The summed E-state index contributed by atoms with van der Waals surface area (Å²) in [4.78, 5) is 9.91. The van der Waals surface area contributed by atoms with Crippen LogP contribution in [0.2, 0.25) is 0 Å². The summed E-state index contributed by atoms with van der Waals surface area (Å²) < 4.78 is 42.2. The number of benzene rings is 1. The number of nitrogens with zero attached hydrogens (tertiary/aromatic N) is 2. The number of hydrogen-bond acceptors (Lipinski definition) is 4. The summed E-state index contributed by atoms with van der Waals surface area (Å²) in [6.45, 7) is 1.35. The highest BCUT2D eigenvalue weighted by Crippen LogP contribution is 2.39. The molecule has 1 aromatic carbocycles. The van der Waals surface area contributed by atoms with Crippen molar-refractivity contribution in [1.29, 1.82) is 0 Å². The zero-order chi connectivity index (χ0) is 12.8. The van der Waals surface area contributed by atoms with Gasteiger partial charge in [-0.1, -0.05) is 5.16 Å². The van der Waals surface area contributed by atoms with E-state index in [2.05, 4.69) is 9.68 Å². The van der Waals surface area contributed by atoms with Crippen molar-refractivity contribution in [1.82, 2.24) is 5.16 Å². The van der Waals surface area contributed by atoms with Crippen LogP contribution in [0.4, 0.5) is 18.9 Å². The fourth-order valence-corrected chi connectivity index (χ4v) is 1.55. The molecule has 0 radical (unpaired) electrons.